The van der Waals surface area contributed by atoms with Crippen LogP contribution in [0.1, 0.15) is 26.3 Å². The van der Waals surface area contributed by atoms with Crippen molar-refractivity contribution >= 4 is 11.7 Å². The molecule has 0 saturated heterocycles. The standard InChI is InChI=1S/C15H22N2O3/c1-4-19-14(18)9-17-10-15(2,3)20-13-7-11(8-16)5-6-12(13)17/h5-7H,4,8-10,16H2,1-3H3. The molecule has 1 heterocycles. The van der Waals surface area contributed by atoms with Crippen LogP contribution in [-0.4, -0.2) is 31.3 Å². The van der Waals surface area contributed by atoms with Gasteiger partial charge in [0.1, 0.15) is 17.9 Å². The molecule has 2 rings (SSSR count). The Balaban J connectivity index is 2.28. The van der Waals surface area contributed by atoms with Gasteiger partial charge in [0, 0.05) is 6.54 Å². The third kappa shape index (κ3) is 3.22. The summed E-state index contributed by atoms with van der Waals surface area (Å²) in [6.07, 6.45) is 0. The van der Waals surface area contributed by atoms with Crippen LogP contribution in [-0.2, 0) is 16.1 Å². The first-order chi connectivity index (χ1) is 9.45. The Kier molecular flexibility index (Phi) is 4.18. The van der Waals surface area contributed by atoms with E-state index in [2.05, 4.69) is 0 Å². The van der Waals surface area contributed by atoms with E-state index in [0.29, 0.717) is 19.7 Å². The average molecular weight is 278 g/mol. The van der Waals surface area contributed by atoms with Gasteiger partial charge in [-0.05, 0) is 38.5 Å². The average Bonchev–Trinajstić information content (AvgIpc) is 2.36. The minimum atomic E-state index is -0.354. The SMILES string of the molecule is CCOC(=O)CN1CC(C)(C)Oc2cc(CN)ccc21. The molecule has 5 nitrogen and oxygen atoms in total. The predicted molar refractivity (Wildman–Crippen MR) is 77.9 cm³/mol. The topological polar surface area (TPSA) is 64.8 Å². The summed E-state index contributed by atoms with van der Waals surface area (Å²) >= 11 is 0. The van der Waals surface area contributed by atoms with Gasteiger partial charge in [-0.15, -0.1) is 0 Å². The van der Waals surface area contributed by atoms with Crippen LogP contribution in [0.25, 0.3) is 0 Å². The Hall–Kier alpha value is -1.75. The van der Waals surface area contributed by atoms with Gasteiger partial charge in [-0.3, -0.25) is 4.79 Å². The zero-order valence-corrected chi connectivity index (χ0v) is 12.3. The van der Waals surface area contributed by atoms with Crippen LogP contribution in [0.3, 0.4) is 0 Å². The molecule has 1 aliphatic rings. The maximum atomic E-state index is 11.7. The molecular weight excluding hydrogens is 256 g/mol. The van der Waals surface area contributed by atoms with Gasteiger partial charge in [0.25, 0.3) is 0 Å². The van der Waals surface area contributed by atoms with Crippen molar-refractivity contribution in [2.24, 2.45) is 5.73 Å². The number of anilines is 1. The number of nitrogens with two attached hydrogens (primary N) is 1. The summed E-state index contributed by atoms with van der Waals surface area (Å²) in [5.74, 6) is 0.549. The van der Waals surface area contributed by atoms with E-state index >= 15 is 0 Å². The normalized spacial score (nSPS) is 16.3. The fraction of sp³-hybridized carbons (Fsp3) is 0.533. The highest BCUT2D eigenvalue weighted by atomic mass is 16.5. The predicted octanol–water partition coefficient (Wildman–Crippen LogP) is 1.69. The monoisotopic (exact) mass is 278 g/mol. The summed E-state index contributed by atoms with van der Waals surface area (Å²) in [6, 6.07) is 5.85. The van der Waals surface area contributed by atoms with E-state index in [0.717, 1.165) is 17.0 Å². The number of rotatable bonds is 4. The number of carbonyl (C=O) groups is 1. The smallest absolute Gasteiger partial charge is 0.325 e. The minimum absolute atomic E-state index is 0.223. The lowest BCUT2D eigenvalue weighted by Gasteiger charge is -2.40. The zero-order valence-electron chi connectivity index (χ0n) is 12.3. The molecule has 0 bridgehead atoms. The maximum absolute atomic E-state index is 11.7. The molecule has 0 atom stereocenters. The fourth-order valence-electron chi connectivity index (χ4n) is 2.41. The highest BCUT2D eigenvalue weighted by Crippen LogP contribution is 2.37. The largest absolute Gasteiger partial charge is 0.484 e. The summed E-state index contributed by atoms with van der Waals surface area (Å²) in [6.45, 7) is 7.55. The molecule has 0 radical (unpaired) electrons. The van der Waals surface area contributed by atoms with Gasteiger partial charge in [0.15, 0.2) is 0 Å². The van der Waals surface area contributed by atoms with Crippen LogP contribution in [0.2, 0.25) is 0 Å². The molecule has 0 saturated carbocycles. The second-order valence-electron chi connectivity index (χ2n) is 5.53. The highest BCUT2D eigenvalue weighted by Gasteiger charge is 2.32. The van der Waals surface area contributed by atoms with Crippen LogP contribution in [0, 0.1) is 0 Å². The van der Waals surface area contributed by atoms with Gasteiger partial charge in [-0.1, -0.05) is 6.07 Å². The molecule has 1 aromatic carbocycles. The van der Waals surface area contributed by atoms with E-state index in [9.17, 15) is 4.79 Å². The first kappa shape index (κ1) is 14.7. The van der Waals surface area contributed by atoms with Gasteiger partial charge >= 0.3 is 5.97 Å². The molecule has 1 aromatic rings. The molecule has 0 amide bonds. The third-order valence-corrected chi connectivity index (χ3v) is 3.18. The number of hydrogen-bond acceptors (Lipinski definition) is 5. The number of nitrogens with zero attached hydrogens (tertiary/aromatic N) is 1. The number of benzene rings is 1. The van der Waals surface area contributed by atoms with Crippen LogP contribution in [0.5, 0.6) is 5.75 Å². The van der Waals surface area contributed by atoms with Crippen LogP contribution >= 0.6 is 0 Å². The number of fused-ring (bicyclic) bond motifs is 1. The second kappa shape index (κ2) is 5.71. The molecule has 0 unspecified atom stereocenters. The van der Waals surface area contributed by atoms with Crippen molar-refractivity contribution in [3.8, 4) is 5.75 Å². The lowest BCUT2D eigenvalue weighted by atomic mass is 10.0. The fourth-order valence-corrected chi connectivity index (χ4v) is 2.41. The Morgan fingerprint density at radius 1 is 1.50 bits per heavy atom. The van der Waals surface area contributed by atoms with Crippen molar-refractivity contribution in [3.63, 3.8) is 0 Å². The summed E-state index contributed by atoms with van der Waals surface area (Å²) in [7, 11) is 0. The second-order valence-corrected chi connectivity index (χ2v) is 5.53. The Bertz CT molecular complexity index is 500. The minimum Gasteiger partial charge on any atom is -0.484 e. The van der Waals surface area contributed by atoms with Crippen molar-refractivity contribution in [1.82, 2.24) is 0 Å². The molecular formula is C15H22N2O3. The van der Waals surface area contributed by atoms with Gasteiger partial charge in [-0.25, -0.2) is 0 Å². The van der Waals surface area contributed by atoms with Crippen molar-refractivity contribution in [3.05, 3.63) is 23.8 Å². The van der Waals surface area contributed by atoms with Gasteiger partial charge in [0.2, 0.25) is 0 Å². The Morgan fingerprint density at radius 2 is 2.25 bits per heavy atom. The number of esters is 1. The van der Waals surface area contributed by atoms with Crippen molar-refractivity contribution in [2.45, 2.75) is 32.9 Å². The lowest BCUT2D eigenvalue weighted by Crippen LogP contribution is -2.48. The van der Waals surface area contributed by atoms with Crippen molar-refractivity contribution in [2.75, 3.05) is 24.6 Å². The number of hydrogen-bond donors (Lipinski definition) is 1. The molecule has 0 aromatic heterocycles. The molecule has 1 aliphatic heterocycles. The molecule has 110 valence electrons. The molecule has 0 aliphatic carbocycles. The first-order valence-electron chi connectivity index (χ1n) is 6.88. The number of ether oxygens (including phenoxy) is 2. The lowest BCUT2D eigenvalue weighted by molar-refractivity contribution is -0.141. The van der Waals surface area contributed by atoms with Crippen molar-refractivity contribution < 1.29 is 14.3 Å². The Morgan fingerprint density at radius 3 is 2.90 bits per heavy atom. The third-order valence-electron chi connectivity index (χ3n) is 3.18. The van der Waals surface area contributed by atoms with Crippen LogP contribution in [0.4, 0.5) is 5.69 Å². The van der Waals surface area contributed by atoms with E-state index in [1.165, 1.54) is 0 Å². The van der Waals surface area contributed by atoms with E-state index in [1.54, 1.807) is 0 Å². The molecule has 5 heteroatoms. The number of carbonyl (C=O) groups excluding carboxylic acids is 1. The first-order valence-corrected chi connectivity index (χ1v) is 6.88. The van der Waals surface area contributed by atoms with Crippen molar-refractivity contribution in [1.29, 1.82) is 0 Å². The van der Waals surface area contributed by atoms with Gasteiger partial charge < -0.3 is 20.1 Å². The molecule has 20 heavy (non-hydrogen) atoms. The van der Waals surface area contributed by atoms with Gasteiger partial charge in [0.05, 0.1) is 18.8 Å². The van der Waals surface area contributed by atoms with Crippen LogP contribution in [0.15, 0.2) is 18.2 Å². The van der Waals surface area contributed by atoms with Crippen LogP contribution < -0.4 is 15.4 Å². The highest BCUT2D eigenvalue weighted by molar-refractivity contribution is 5.77. The Labute approximate surface area is 119 Å². The molecule has 2 N–H and O–H groups in total. The quantitative estimate of drug-likeness (QED) is 0.849. The van der Waals surface area contributed by atoms with E-state index < -0.39 is 0 Å². The summed E-state index contributed by atoms with van der Waals surface area (Å²) < 4.78 is 11.0. The van der Waals surface area contributed by atoms with Gasteiger partial charge in [-0.2, -0.15) is 0 Å². The summed E-state index contributed by atoms with van der Waals surface area (Å²) in [5, 5.41) is 0. The summed E-state index contributed by atoms with van der Waals surface area (Å²) in [5.41, 5.74) is 7.23. The van der Waals surface area contributed by atoms with E-state index in [4.69, 9.17) is 15.2 Å². The van der Waals surface area contributed by atoms with E-state index in [-0.39, 0.29) is 18.1 Å². The maximum Gasteiger partial charge on any atom is 0.325 e. The van der Waals surface area contributed by atoms with E-state index in [1.807, 2.05) is 43.9 Å². The summed E-state index contributed by atoms with van der Waals surface area (Å²) in [4.78, 5) is 13.7. The molecule has 0 spiro atoms. The molecule has 0 fully saturated rings. The zero-order chi connectivity index (χ0) is 14.8.